The molecule has 0 saturated heterocycles. The molecule has 2 nitrogen and oxygen atoms in total. The molecule has 0 bridgehead atoms. The molecule has 0 aromatic heterocycles. The minimum absolute atomic E-state index is 0.0750. The molecule has 0 unspecified atom stereocenters. The van der Waals surface area contributed by atoms with Crippen LogP contribution in [0.2, 0.25) is 0 Å². The Morgan fingerprint density at radius 1 is 1.00 bits per heavy atom. The van der Waals surface area contributed by atoms with Crippen molar-refractivity contribution < 1.29 is 36.2 Å². The van der Waals surface area contributed by atoms with Gasteiger partial charge in [-0.05, 0) is 23.8 Å². The molecule has 0 heterocycles. The third-order valence-corrected chi connectivity index (χ3v) is 2.44. The van der Waals surface area contributed by atoms with Crippen molar-refractivity contribution in [3.8, 4) is 0 Å². The summed E-state index contributed by atoms with van der Waals surface area (Å²) in [5, 5.41) is 7.66. The highest BCUT2D eigenvalue weighted by Crippen LogP contribution is 2.38. The zero-order valence-corrected chi connectivity index (χ0v) is 10.1. The molecular formula is C11H5ClF6O2. The molecular weight excluding hydrogens is 314 g/mol. The van der Waals surface area contributed by atoms with Crippen LogP contribution in [0, 0.1) is 0 Å². The van der Waals surface area contributed by atoms with E-state index in [1.807, 2.05) is 0 Å². The molecule has 0 aliphatic carbocycles. The van der Waals surface area contributed by atoms with Crippen LogP contribution in [-0.2, 0) is 17.1 Å². The van der Waals surface area contributed by atoms with Crippen molar-refractivity contribution >= 4 is 22.6 Å². The maximum Gasteiger partial charge on any atom is 0.416 e. The van der Waals surface area contributed by atoms with Crippen LogP contribution < -0.4 is 0 Å². The molecule has 20 heavy (non-hydrogen) atoms. The summed E-state index contributed by atoms with van der Waals surface area (Å²) in [6.07, 6.45) is -9.73. The summed E-state index contributed by atoms with van der Waals surface area (Å²) >= 11 is 5.39. The highest BCUT2D eigenvalue weighted by atomic mass is 35.5. The predicted octanol–water partition coefficient (Wildman–Crippen LogP) is 4.39. The highest BCUT2D eigenvalue weighted by molar-refractivity contribution is 6.50. The van der Waals surface area contributed by atoms with Gasteiger partial charge >= 0.3 is 18.3 Å². The van der Waals surface area contributed by atoms with Crippen LogP contribution in [0.15, 0.2) is 24.3 Å². The molecule has 0 aliphatic rings. The summed E-state index contributed by atoms with van der Waals surface area (Å²) in [7, 11) is 0. The van der Waals surface area contributed by atoms with Gasteiger partial charge in [0.15, 0.2) is 0 Å². The summed E-state index contributed by atoms with van der Waals surface area (Å²) in [6.45, 7) is 0. The van der Waals surface area contributed by atoms with Crippen LogP contribution in [0.25, 0.3) is 5.03 Å². The lowest BCUT2D eigenvalue weighted by Gasteiger charge is -2.13. The molecule has 1 rings (SSSR count). The number of hydrogen-bond donors (Lipinski definition) is 1. The first kappa shape index (κ1) is 16.4. The van der Waals surface area contributed by atoms with Crippen LogP contribution in [-0.4, -0.2) is 11.1 Å². The molecule has 110 valence electrons. The SMILES string of the molecule is O=C(O)/C=C(/Cl)c1cc(C(F)(F)F)cc(C(F)(F)F)c1. The van der Waals surface area contributed by atoms with E-state index in [1.54, 1.807) is 0 Å². The van der Waals surface area contributed by atoms with Gasteiger partial charge in [0.25, 0.3) is 0 Å². The van der Waals surface area contributed by atoms with Gasteiger partial charge in [0.05, 0.1) is 16.2 Å². The second-order valence-corrected chi connectivity index (χ2v) is 4.03. The first-order valence-corrected chi connectivity index (χ1v) is 5.19. The van der Waals surface area contributed by atoms with Gasteiger partial charge < -0.3 is 5.11 Å². The second-order valence-electron chi connectivity index (χ2n) is 3.63. The van der Waals surface area contributed by atoms with Crippen molar-refractivity contribution in [3.05, 3.63) is 41.0 Å². The Labute approximate surface area is 113 Å². The number of rotatable bonds is 2. The third kappa shape index (κ3) is 4.16. The molecule has 9 heteroatoms. The van der Waals surface area contributed by atoms with Gasteiger partial charge in [-0.15, -0.1) is 0 Å². The molecule has 0 spiro atoms. The van der Waals surface area contributed by atoms with Crippen molar-refractivity contribution in [2.75, 3.05) is 0 Å². The van der Waals surface area contributed by atoms with E-state index < -0.39 is 40.0 Å². The highest BCUT2D eigenvalue weighted by Gasteiger charge is 2.37. The molecule has 0 saturated carbocycles. The molecule has 1 aromatic rings. The smallest absolute Gasteiger partial charge is 0.416 e. The van der Waals surface area contributed by atoms with Crippen LogP contribution in [0.1, 0.15) is 16.7 Å². The van der Waals surface area contributed by atoms with E-state index in [9.17, 15) is 31.1 Å². The number of carboxylic acid groups (broad SMARTS) is 1. The summed E-state index contributed by atoms with van der Waals surface area (Å²) in [5.41, 5.74) is -3.82. The van der Waals surface area contributed by atoms with E-state index >= 15 is 0 Å². The minimum atomic E-state index is -5.02. The van der Waals surface area contributed by atoms with Gasteiger partial charge in [0, 0.05) is 6.08 Å². The lowest BCUT2D eigenvalue weighted by molar-refractivity contribution is -0.143. The van der Waals surface area contributed by atoms with E-state index in [0.29, 0.717) is 18.2 Å². The standard InChI is InChI=1S/C11H5ClF6O2/c12-8(4-9(19)20)5-1-6(10(13,14)15)3-7(2-5)11(16,17)18/h1-4H,(H,19,20)/b8-4+. The maximum atomic E-state index is 12.5. The Kier molecular flexibility index (Phi) is 4.38. The number of carboxylic acids is 1. The number of aliphatic carboxylic acids is 1. The van der Waals surface area contributed by atoms with Crippen LogP contribution in [0.4, 0.5) is 26.3 Å². The quantitative estimate of drug-likeness (QED) is 0.648. The van der Waals surface area contributed by atoms with Crippen molar-refractivity contribution in [1.82, 2.24) is 0 Å². The Bertz CT molecular complexity index is 527. The van der Waals surface area contributed by atoms with Crippen molar-refractivity contribution in [2.24, 2.45) is 0 Å². The van der Waals surface area contributed by atoms with Gasteiger partial charge in [0.1, 0.15) is 0 Å². The normalized spacial score (nSPS) is 13.4. The lowest BCUT2D eigenvalue weighted by Crippen LogP contribution is -2.11. The van der Waals surface area contributed by atoms with E-state index in [0.717, 1.165) is 0 Å². The largest absolute Gasteiger partial charge is 0.478 e. The Morgan fingerprint density at radius 3 is 1.70 bits per heavy atom. The van der Waals surface area contributed by atoms with Crippen LogP contribution >= 0.6 is 11.6 Å². The van der Waals surface area contributed by atoms with Crippen LogP contribution in [0.5, 0.6) is 0 Å². The van der Waals surface area contributed by atoms with E-state index in [2.05, 4.69) is 0 Å². The summed E-state index contributed by atoms with van der Waals surface area (Å²) in [5.74, 6) is -1.60. The molecule has 0 fully saturated rings. The van der Waals surface area contributed by atoms with Gasteiger partial charge in [-0.1, -0.05) is 11.6 Å². The van der Waals surface area contributed by atoms with Gasteiger partial charge in [-0.3, -0.25) is 0 Å². The molecule has 1 N–H and O–H groups in total. The molecule has 0 radical (unpaired) electrons. The first-order valence-electron chi connectivity index (χ1n) is 4.81. The maximum absolute atomic E-state index is 12.5. The van der Waals surface area contributed by atoms with Crippen molar-refractivity contribution in [3.63, 3.8) is 0 Å². The van der Waals surface area contributed by atoms with Crippen molar-refractivity contribution in [2.45, 2.75) is 12.4 Å². The third-order valence-electron chi connectivity index (χ3n) is 2.11. The fourth-order valence-electron chi connectivity index (χ4n) is 1.28. The van der Waals surface area contributed by atoms with Gasteiger partial charge in [0.2, 0.25) is 0 Å². The Morgan fingerprint density at radius 2 is 1.40 bits per heavy atom. The predicted molar refractivity (Wildman–Crippen MR) is 57.9 cm³/mol. The summed E-state index contributed by atoms with van der Waals surface area (Å²) < 4.78 is 75.1. The molecule has 0 amide bonds. The number of carbonyl (C=O) groups is 1. The summed E-state index contributed by atoms with van der Waals surface area (Å²) in [6, 6.07) is 0.614. The molecule has 1 aromatic carbocycles. The Balaban J connectivity index is 3.50. The average molecular weight is 319 g/mol. The fraction of sp³-hybridized carbons (Fsp3) is 0.182. The van der Waals surface area contributed by atoms with Gasteiger partial charge in [-0.2, -0.15) is 26.3 Å². The lowest BCUT2D eigenvalue weighted by atomic mass is 10.0. The fourth-order valence-corrected chi connectivity index (χ4v) is 1.49. The van der Waals surface area contributed by atoms with E-state index in [1.165, 1.54) is 0 Å². The average Bonchev–Trinajstić information content (AvgIpc) is 2.25. The van der Waals surface area contributed by atoms with Gasteiger partial charge in [-0.25, -0.2) is 4.79 Å². The van der Waals surface area contributed by atoms with E-state index in [4.69, 9.17) is 16.7 Å². The topological polar surface area (TPSA) is 37.3 Å². The monoisotopic (exact) mass is 318 g/mol. The Hall–Kier alpha value is -1.70. The second kappa shape index (κ2) is 5.35. The minimum Gasteiger partial charge on any atom is -0.478 e. The summed E-state index contributed by atoms with van der Waals surface area (Å²) in [4.78, 5) is 10.3. The zero-order chi connectivity index (χ0) is 15.7. The number of alkyl halides is 6. The van der Waals surface area contributed by atoms with E-state index in [-0.39, 0.29) is 6.07 Å². The van der Waals surface area contributed by atoms with Crippen molar-refractivity contribution in [1.29, 1.82) is 0 Å². The zero-order valence-electron chi connectivity index (χ0n) is 9.31. The molecule has 0 aliphatic heterocycles. The van der Waals surface area contributed by atoms with Crippen LogP contribution in [0.3, 0.4) is 0 Å². The number of benzene rings is 1. The number of halogens is 7. The molecule has 0 atom stereocenters. The first-order chi connectivity index (χ1) is 8.91. The number of hydrogen-bond acceptors (Lipinski definition) is 1.